The van der Waals surface area contributed by atoms with Gasteiger partial charge in [-0.15, -0.1) is 0 Å². The first-order valence-electron chi connectivity index (χ1n) is 7.60. The van der Waals surface area contributed by atoms with Gasteiger partial charge in [0.1, 0.15) is 10.8 Å². The Morgan fingerprint density at radius 2 is 2.00 bits per heavy atom. The average molecular weight is 401 g/mol. The number of nitrogens with one attached hydrogen (secondary N) is 2. The zero-order valence-corrected chi connectivity index (χ0v) is 14.6. The Morgan fingerprint density at radius 3 is 2.67 bits per heavy atom. The van der Waals surface area contributed by atoms with Gasteiger partial charge in [0.05, 0.1) is 23.6 Å². The molecule has 11 heteroatoms. The fourth-order valence-corrected chi connectivity index (χ4v) is 2.39. The summed E-state index contributed by atoms with van der Waals surface area (Å²) in [6.45, 7) is -0.237. The number of nitrogens with zero attached hydrogens (tertiary/aromatic N) is 4. The zero-order valence-electron chi connectivity index (χ0n) is 13.8. The Bertz CT molecular complexity index is 956. The minimum atomic E-state index is -4.56. The summed E-state index contributed by atoms with van der Waals surface area (Å²) in [6.07, 6.45) is 0.0140. The Morgan fingerprint density at radius 1 is 1.22 bits per heavy atom. The van der Waals surface area contributed by atoms with Crippen LogP contribution in [0.1, 0.15) is 11.1 Å². The van der Waals surface area contributed by atoms with Gasteiger partial charge in [0.15, 0.2) is 5.82 Å². The molecule has 3 aromatic rings. The lowest BCUT2D eigenvalue weighted by Crippen LogP contribution is -2.10. The predicted octanol–water partition coefficient (Wildman–Crippen LogP) is 4.38. The van der Waals surface area contributed by atoms with Gasteiger partial charge in [-0.25, -0.2) is 9.37 Å². The van der Waals surface area contributed by atoms with Crippen molar-refractivity contribution in [3.63, 3.8) is 0 Å². The number of hydrogen-bond donors (Lipinski definition) is 2. The third kappa shape index (κ3) is 4.64. The van der Waals surface area contributed by atoms with Gasteiger partial charge in [0.25, 0.3) is 0 Å². The molecule has 0 saturated heterocycles. The number of aryl methyl sites for hydroxylation is 1. The largest absolute Gasteiger partial charge is 0.416 e. The van der Waals surface area contributed by atoms with Crippen LogP contribution < -0.4 is 10.6 Å². The molecule has 0 radical (unpaired) electrons. The zero-order chi connectivity index (χ0) is 19.6. The van der Waals surface area contributed by atoms with E-state index in [1.807, 2.05) is 0 Å². The number of anilines is 3. The summed E-state index contributed by atoms with van der Waals surface area (Å²) < 4.78 is 53.8. The lowest BCUT2D eigenvalue weighted by atomic mass is 10.1. The lowest BCUT2D eigenvalue weighted by Gasteiger charge is -2.12. The molecule has 142 valence electrons. The van der Waals surface area contributed by atoms with Crippen molar-refractivity contribution in [1.82, 2.24) is 19.7 Å². The molecule has 0 aliphatic rings. The maximum atomic E-state index is 13.8. The molecule has 0 saturated carbocycles. The number of hydrogen-bond acceptors (Lipinski definition) is 5. The molecular weight excluding hydrogens is 388 g/mol. The first-order chi connectivity index (χ1) is 12.7. The molecule has 2 aromatic heterocycles. The Hall–Kier alpha value is -2.88. The number of benzene rings is 1. The highest BCUT2D eigenvalue weighted by atomic mass is 35.5. The Labute approximate surface area is 156 Å². The molecule has 1 aromatic carbocycles. The summed E-state index contributed by atoms with van der Waals surface area (Å²) in [4.78, 5) is 8.15. The van der Waals surface area contributed by atoms with Gasteiger partial charge in [0, 0.05) is 25.4 Å². The van der Waals surface area contributed by atoms with Crippen LogP contribution in [-0.2, 0) is 19.8 Å². The minimum absolute atomic E-state index is 0.138. The van der Waals surface area contributed by atoms with E-state index < -0.39 is 17.6 Å². The van der Waals surface area contributed by atoms with Crippen molar-refractivity contribution in [2.45, 2.75) is 12.7 Å². The molecule has 0 amide bonds. The summed E-state index contributed by atoms with van der Waals surface area (Å²) in [7, 11) is 1.74. The van der Waals surface area contributed by atoms with Crippen LogP contribution in [-0.4, -0.2) is 19.7 Å². The van der Waals surface area contributed by atoms with Crippen LogP contribution in [0.2, 0.25) is 5.02 Å². The van der Waals surface area contributed by atoms with Crippen LogP contribution >= 0.6 is 11.6 Å². The highest BCUT2D eigenvalue weighted by Gasteiger charge is 2.31. The van der Waals surface area contributed by atoms with Crippen molar-refractivity contribution in [3.05, 3.63) is 58.8 Å². The Kier molecular flexibility index (Phi) is 5.17. The van der Waals surface area contributed by atoms with Crippen molar-refractivity contribution < 1.29 is 17.6 Å². The first kappa shape index (κ1) is 18.9. The predicted molar refractivity (Wildman–Crippen MR) is 92.3 cm³/mol. The summed E-state index contributed by atoms with van der Waals surface area (Å²) in [6, 6.07) is 2.20. The fraction of sp³-hybridized carbons (Fsp3) is 0.188. The summed E-state index contributed by atoms with van der Waals surface area (Å²) in [5.74, 6) is -0.427. The van der Waals surface area contributed by atoms with Crippen molar-refractivity contribution in [2.24, 2.45) is 7.05 Å². The molecular formula is C16H13ClF4N6. The monoisotopic (exact) mass is 400 g/mol. The van der Waals surface area contributed by atoms with Crippen LogP contribution in [0.4, 0.5) is 35.0 Å². The summed E-state index contributed by atoms with van der Waals surface area (Å²) in [5, 5.41) is 9.76. The maximum absolute atomic E-state index is 13.8. The van der Waals surface area contributed by atoms with E-state index >= 15 is 0 Å². The van der Waals surface area contributed by atoms with E-state index in [1.165, 1.54) is 6.20 Å². The molecule has 6 nitrogen and oxygen atoms in total. The topological polar surface area (TPSA) is 67.7 Å². The quantitative estimate of drug-likeness (QED) is 0.622. The molecule has 0 spiro atoms. The smallest absolute Gasteiger partial charge is 0.364 e. The van der Waals surface area contributed by atoms with Crippen LogP contribution in [0.5, 0.6) is 0 Å². The van der Waals surface area contributed by atoms with Gasteiger partial charge < -0.3 is 10.6 Å². The van der Waals surface area contributed by atoms with E-state index in [1.54, 1.807) is 24.1 Å². The van der Waals surface area contributed by atoms with Crippen LogP contribution in [0, 0.1) is 5.82 Å². The summed E-state index contributed by atoms with van der Waals surface area (Å²) >= 11 is 6.01. The van der Waals surface area contributed by atoms with E-state index in [0.717, 1.165) is 12.1 Å². The van der Waals surface area contributed by atoms with Gasteiger partial charge >= 0.3 is 6.18 Å². The normalized spacial score (nSPS) is 11.5. The van der Waals surface area contributed by atoms with Crippen LogP contribution in [0.3, 0.4) is 0 Å². The SMILES string of the molecule is Cn1cc(Nc2ncc(Cl)c(NCc3cc(C(F)(F)F)ccc3F)n2)cn1. The second kappa shape index (κ2) is 7.39. The molecule has 2 heterocycles. The molecule has 0 bridgehead atoms. The van der Waals surface area contributed by atoms with E-state index in [2.05, 4.69) is 25.7 Å². The van der Waals surface area contributed by atoms with Crippen molar-refractivity contribution >= 4 is 29.1 Å². The maximum Gasteiger partial charge on any atom is 0.416 e. The van der Waals surface area contributed by atoms with E-state index in [4.69, 9.17) is 11.6 Å². The molecule has 2 N–H and O–H groups in total. The molecule has 0 atom stereocenters. The van der Waals surface area contributed by atoms with Gasteiger partial charge in [0.2, 0.25) is 5.95 Å². The molecule has 3 rings (SSSR count). The van der Waals surface area contributed by atoms with Crippen LogP contribution in [0.25, 0.3) is 0 Å². The van der Waals surface area contributed by atoms with E-state index in [9.17, 15) is 17.6 Å². The van der Waals surface area contributed by atoms with Gasteiger partial charge in [-0.05, 0) is 18.2 Å². The van der Waals surface area contributed by atoms with Gasteiger partial charge in [-0.3, -0.25) is 4.68 Å². The highest BCUT2D eigenvalue weighted by Crippen LogP contribution is 2.30. The third-order valence-corrected chi connectivity index (χ3v) is 3.80. The molecule has 0 aliphatic heterocycles. The minimum Gasteiger partial charge on any atom is -0.364 e. The van der Waals surface area contributed by atoms with Gasteiger partial charge in [-0.2, -0.15) is 23.3 Å². The van der Waals surface area contributed by atoms with Crippen molar-refractivity contribution in [1.29, 1.82) is 0 Å². The third-order valence-electron chi connectivity index (χ3n) is 3.52. The number of rotatable bonds is 5. The van der Waals surface area contributed by atoms with E-state index in [0.29, 0.717) is 11.8 Å². The number of halogens is 5. The number of alkyl halides is 3. The molecule has 0 aliphatic carbocycles. The van der Waals surface area contributed by atoms with Crippen molar-refractivity contribution in [3.8, 4) is 0 Å². The second-order valence-electron chi connectivity index (χ2n) is 5.58. The highest BCUT2D eigenvalue weighted by molar-refractivity contribution is 6.32. The standard InChI is InChI=1S/C16H13ClF4N6/c1-27-8-11(6-24-27)25-15-23-7-12(17)14(26-15)22-5-9-4-10(16(19,20)21)2-3-13(9)18/h2-4,6-8H,5H2,1H3,(H2,22,23,25,26). The lowest BCUT2D eigenvalue weighted by molar-refractivity contribution is -0.137. The average Bonchev–Trinajstić information content (AvgIpc) is 3.00. The molecule has 0 unspecified atom stereocenters. The van der Waals surface area contributed by atoms with Crippen molar-refractivity contribution in [2.75, 3.05) is 10.6 Å². The first-order valence-corrected chi connectivity index (χ1v) is 7.98. The van der Waals surface area contributed by atoms with Crippen LogP contribution in [0.15, 0.2) is 36.8 Å². The van der Waals surface area contributed by atoms with E-state index in [-0.39, 0.29) is 28.9 Å². The Balaban J connectivity index is 1.77. The molecule has 27 heavy (non-hydrogen) atoms. The fourth-order valence-electron chi connectivity index (χ4n) is 2.23. The summed E-state index contributed by atoms with van der Waals surface area (Å²) in [5.41, 5.74) is -0.468. The van der Waals surface area contributed by atoms with Gasteiger partial charge in [-0.1, -0.05) is 11.6 Å². The second-order valence-corrected chi connectivity index (χ2v) is 5.98. The molecule has 0 fully saturated rings. The number of aromatic nitrogens is 4.